The van der Waals surface area contributed by atoms with Crippen LogP contribution in [0.2, 0.25) is 5.02 Å². The maximum Gasteiger partial charge on any atom is 0.142 e. The van der Waals surface area contributed by atoms with Crippen LogP contribution >= 0.6 is 11.6 Å². The van der Waals surface area contributed by atoms with Crippen LogP contribution in [0.4, 0.5) is 4.39 Å². The molecule has 29 heavy (non-hydrogen) atoms. The molecular formula is C22H18ClFN4O. The van der Waals surface area contributed by atoms with E-state index in [1.807, 2.05) is 29.0 Å². The van der Waals surface area contributed by atoms with E-state index in [0.29, 0.717) is 18.2 Å². The van der Waals surface area contributed by atoms with Gasteiger partial charge < -0.3 is 9.30 Å². The first-order valence-corrected chi connectivity index (χ1v) is 9.75. The van der Waals surface area contributed by atoms with Crippen LogP contribution in [0.5, 0.6) is 5.75 Å². The Bertz CT molecular complexity index is 1180. The van der Waals surface area contributed by atoms with Gasteiger partial charge >= 0.3 is 0 Å². The Labute approximate surface area is 172 Å². The number of hydrogen-bond acceptors (Lipinski definition) is 4. The van der Waals surface area contributed by atoms with E-state index in [2.05, 4.69) is 21.2 Å². The monoisotopic (exact) mass is 408 g/mol. The van der Waals surface area contributed by atoms with Crippen LogP contribution in [-0.2, 0) is 13.1 Å². The lowest BCUT2D eigenvalue weighted by Gasteiger charge is -2.19. The summed E-state index contributed by atoms with van der Waals surface area (Å²) >= 11 is 6.59. The van der Waals surface area contributed by atoms with E-state index in [4.69, 9.17) is 16.3 Å². The van der Waals surface area contributed by atoms with Crippen molar-refractivity contribution < 1.29 is 9.13 Å². The molecule has 0 atom stereocenters. The molecule has 5 rings (SSSR count). The summed E-state index contributed by atoms with van der Waals surface area (Å²) in [6, 6.07) is 12.6. The Kier molecular flexibility index (Phi) is 4.66. The third-order valence-corrected chi connectivity index (χ3v) is 5.42. The number of nitrogens with zero attached hydrogens (tertiary/aromatic N) is 4. The van der Waals surface area contributed by atoms with Gasteiger partial charge in [-0.25, -0.2) is 4.39 Å². The molecule has 0 spiro atoms. The molecule has 7 heteroatoms. The molecule has 1 aliphatic rings. The molecule has 4 aromatic rings. The van der Waals surface area contributed by atoms with Gasteiger partial charge in [0.15, 0.2) is 0 Å². The van der Waals surface area contributed by atoms with Gasteiger partial charge in [-0.3, -0.25) is 4.90 Å². The normalized spacial score (nSPS) is 14.4. The molecule has 0 fully saturated rings. The van der Waals surface area contributed by atoms with Crippen LogP contribution in [0.3, 0.4) is 0 Å². The van der Waals surface area contributed by atoms with Crippen molar-refractivity contribution >= 4 is 22.5 Å². The van der Waals surface area contributed by atoms with E-state index < -0.39 is 0 Å². The minimum Gasteiger partial charge on any atom is -0.490 e. The fraction of sp³-hybridized carbons (Fsp3) is 0.182. The van der Waals surface area contributed by atoms with E-state index in [1.54, 1.807) is 18.5 Å². The second-order valence-electron chi connectivity index (χ2n) is 7.11. The molecule has 5 nitrogen and oxygen atoms in total. The molecule has 0 saturated carbocycles. The van der Waals surface area contributed by atoms with Crippen molar-refractivity contribution in [3.8, 4) is 11.4 Å². The van der Waals surface area contributed by atoms with Crippen LogP contribution in [0.25, 0.3) is 16.6 Å². The van der Waals surface area contributed by atoms with Gasteiger partial charge in [0.25, 0.3) is 0 Å². The summed E-state index contributed by atoms with van der Waals surface area (Å²) in [7, 11) is 0. The van der Waals surface area contributed by atoms with Crippen molar-refractivity contribution in [3.63, 3.8) is 0 Å². The highest BCUT2D eigenvalue weighted by molar-refractivity contribution is 6.32. The Morgan fingerprint density at radius 3 is 2.90 bits per heavy atom. The van der Waals surface area contributed by atoms with Gasteiger partial charge in [-0.15, -0.1) is 0 Å². The van der Waals surface area contributed by atoms with Gasteiger partial charge in [0, 0.05) is 48.7 Å². The van der Waals surface area contributed by atoms with Gasteiger partial charge in [-0.05, 0) is 48.0 Å². The van der Waals surface area contributed by atoms with Crippen molar-refractivity contribution in [2.24, 2.45) is 0 Å². The molecule has 146 valence electrons. The molecule has 0 aliphatic carbocycles. The molecule has 0 amide bonds. The second kappa shape index (κ2) is 7.46. The summed E-state index contributed by atoms with van der Waals surface area (Å²) in [6.07, 6.45) is 5.41. The molecule has 0 saturated heterocycles. The predicted octanol–water partition coefficient (Wildman–Crippen LogP) is 4.61. The molecule has 0 unspecified atom stereocenters. The summed E-state index contributed by atoms with van der Waals surface area (Å²) < 4.78 is 21.5. The average molecular weight is 409 g/mol. The lowest BCUT2D eigenvalue weighted by atomic mass is 10.1. The molecule has 2 aromatic heterocycles. The Hall–Kier alpha value is -2.96. The quantitative estimate of drug-likeness (QED) is 0.496. The third kappa shape index (κ3) is 3.57. The van der Waals surface area contributed by atoms with Gasteiger partial charge in [-0.1, -0.05) is 11.6 Å². The standard InChI is InChI=1S/C22H18ClFN4O/c23-20-11-19(28-6-4-16-9-18(24)1-2-21(16)28)10-17-14-27(7-8-29-22(17)20)13-15-3-5-25-26-12-15/h1-6,9-12H,7-8,13-14H2. The highest BCUT2D eigenvalue weighted by atomic mass is 35.5. The van der Waals surface area contributed by atoms with Gasteiger partial charge in [0.2, 0.25) is 0 Å². The molecule has 1 aliphatic heterocycles. The van der Waals surface area contributed by atoms with E-state index >= 15 is 0 Å². The molecule has 2 aromatic carbocycles. The highest BCUT2D eigenvalue weighted by Crippen LogP contribution is 2.35. The van der Waals surface area contributed by atoms with E-state index in [9.17, 15) is 4.39 Å². The fourth-order valence-electron chi connectivity index (χ4n) is 3.79. The predicted molar refractivity (Wildman–Crippen MR) is 110 cm³/mol. The van der Waals surface area contributed by atoms with Gasteiger partial charge in [-0.2, -0.15) is 10.2 Å². The molecule has 3 heterocycles. The first-order chi connectivity index (χ1) is 14.2. The average Bonchev–Trinajstić information content (AvgIpc) is 3.02. The maximum absolute atomic E-state index is 13.5. The minimum atomic E-state index is -0.246. The van der Waals surface area contributed by atoms with Crippen LogP contribution in [0.1, 0.15) is 11.1 Å². The van der Waals surface area contributed by atoms with Crippen LogP contribution in [0, 0.1) is 5.82 Å². The van der Waals surface area contributed by atoms with Crippen molar-refractivity contribution in [1.82, 2.24) is 19.7 Å². The number of aromatic nitrogens is 3. The van der Waals surface area contributed by atoms with Crippen LogP contribution in [0.15, 0.2) is 61.1 Å². The van der Waals surface area contributed by atoms with Crippen molar-refractivity contribution in [3.05, 3.63) is 83.0 Å². The van der Waals surface area contributed by atoms with Gasteiger partial charge in [0.1, 0.15) is 18.2 Å². The number of rotatable bonds is 3. The summed E-state index contributed by atoms with van der Waals surface area (Å²) in [5.41, 5.74) is 3.98. The highest BCUT2D eigenvalue weighted by Gasteiger charge is 2.20. The lowest BCUT2D eigenvalue weighted by molar-refractivity contribution is 0.219. The zero-order valence-corrected chi connectivity index (χ0v) is 16.3. The topological polar surface area (TPSA) is 43.2 Å². The zero-order chi connectivity index (χ0) is 19.8. The maximum atomic E-state index is 13.5. The van der Waals surface area contributed by atoms with Crippen LogP contribution < -0.4 is 4.74 Å². The number of hydrogen-bond donors (Lipinski definition) is 0. The van der Waals surface area contributed by atoms with Crippen molar-refractivity contribution in [2.75, 3.05) is 13.2 Å². The number of ether oxygens (including phenoxy) is 1. The Morgan fingerprint density at radius 1 is 1.10 bits per heavy atom. The first kappa shape index (κ1) is 18.1. The largest absolute Gasteiger partial charge is 0.490 e. The second-order valence-corrected chi connectivity index (χ2v) is 7.52. The van der Waals surface area contributed by atoms with E-state index in [-0.39, 0.29) is 5.82 Å². The Balaban J connectivity index is 1.51. The number of benzene rings is 2. The Morgan fingerprint density at radius 2 is 2.03 bits per heavy atom. The molecule has 0 radical (unpaired) electrons. The minimum absolute atomic E-state index is 0.246. The smallest absolute Gasteiger partial charge is 0.142 e. The third-order valence-electron chi connectivity index (χ3n) is 5.14. The SMILES string of the molecule is Fc1ccc2c(ccn2-c2cc(Cl)c3c(c2)CN(Cc2ccnnc2)CCO3)c1. The summed E-state index contributed by atoms with van der Waals surface area (Å²) in [5, 5.41) is 9.22. The summed E-state index contributed by atoms with van der Waals surface area (Å²) in [6.45, 7) is 2.82. The number of fused-ring (bicyclic) bond motifs is 2. The lowest BCUT2D eigenvalue weighted by Crippen LogP contribution is -2.25. The summed E-state index contributed by atoms with van der Waals surface area (Å²) in [5.74, 6) is 0.484. The van der Waals surface area contributed by atoms with Crippen molar-refractivity contribution in [1.29, 1.82) is 0 Å². The molecular weight excluding hydrogens is 391 g/mol. The molecule has 0 N–H and O–H groups in total. The molecule has 0 bridgehead atoms. The zero-order valence-electron chi connectivity index (χ0n) is 15.6. The van der Waals surface area contributed by atoms with Crippen LogP contribution in [-0.4, -0.2) is 32.8 Å². The van der Waals surface area contributed by atoms with E-state index in [0.717, 1.165) is 46.6 Å². The fourth-order valence-corrected chi connectivity index (χ4v) is 4.08. The van der Waals surface area contributed by atoms with E-state index in [1.165, 1.54) is 12.1 Å². The number of halogens is 2. The van der Waals surface area contributed by atoms with Gasteiger partial charge in [0.05, 0.1) is 16.7 Å². The first-order valence-electron chi connectivity index (χ1n) is 9.37. The van der Waals surface area contributed by atoms with Crippen molar-refractivity contribution in [2.45, 2.75) is 13.1 Å². The summed E-state index contributed by atoms with van der Waals surface area (Å²) in [4.78, 5) is 2.30.